The van der Waals surface area contributed by atoms with E-state index in [4.69, 9.17) is 0 Å². The number of hydrogen-bond acceptors (Lipinski definition) is 5. The maximum Gasteiger partial charge on any atom is 0.319 e. The summed E-state index contributed by atoms with van der Waals surface area (Å²) in [6.45, 7) is 1.60. The SMILES string of the molecule is CN(C)C(=O)N1CCC(Nc2nncs2)CC1. The van der Waals surface area contributed by atoms with Gasteiger partial charge in [0.25, 0.3) is 0 Å². The summed E-state index contributed by atoms with van der Waals surface area (Å²) in [5.41, 5.74) is 1.72. The molecule has 0 bridgehead atoms. The van der Waals surface area contributed by atoms with E-state index in [2.05, 4.69) is 15.5 Å². The van der Waals surface area contributed by atoms with Gasteiger partial charge in [0.1, 0.15) is 5.51 Å². The number of nitrogens with zero attached hydrogens (tertiary/aromatic N) is 4. The second kappa shape index (κ2) is 5.31. The fourth-order valence-corrected chi connectivity index (χ4v) is 2.43. The molecule has 2 rings (SSSR count). The molecular weight excluding hydrogens is 238 g/mol. The van der Waals surface area contributed by atoms with Gasteiger partial charge in [0, 0.05) is 33.2 Å². The Morgan fingerprint density at radius 2 is 2.24 bits per heavy atom. The summed E-state index contributed by atoms with van der Waals surface area (Å²) in [7, 11) is 3.57. The molecule has 0 aromatic carbocycles. The number of urea groups is 1. The van der Waals surface area contributed by atoms with Crippen molar-refractivity contribution in [2.45, 2.75) is 18.9 Å². The molecule has 1 aromatic rings. The largest absolute Gasteiger partial charge is 0.357 e. The maximum atomic E-state index is 11.7. The first-order valence-electron chi connectivity index (χ1n) is 5.66. The molecule has 2 amide bonds. The van der Waals surface area contributed by atoms with Gasteiger partial charge in [-0.15, -0.1) is 10.2 Å². The molecule has 1 fully saturated rings. The first-order chi connectivity index (χ1) is 8.16. The molecule has 0 aliphatic carbocycles. The van der Waals surface area contributed by atoms with Gasteiger partial charge in [-0.25, -0.2) is 4.79 Å². The standard InChI is InChI=1S/C10H17N5OS/c1-14(2)10(16)15-5-3-8(4-6-15)12-9-13-11-7-17-9/h7-8H,3-6H2,1-2H3,(H,12,13). The number of carbonyl (C=O) groups excluding carboxylic acids is 1. The minimum atomic E-state index is 0.0966. The average Bonchev–Trinajstić information content (AvgIpc) is 2.82. The smallest absolute Gasteiger partial charge is 0.319 e. The Balaban J connectivity index is 1.80. The summed E-state index contributed by atoms with van der Waals surface area (Å²) in [6.07, 6.45) is 1.92. The number of anilines is 1. The molecule has 6 nitrogen and oxygen atoms in total. The molecule has 0 radical (unpaired) electrons. The molecule has 2 heterocycles. The molecule has 0 unspecified atom stereocenters. The average molecular weight is 255 g/mol. The fourth-order valence-electron chi connectivity index (χ4n) is 1.91. The van der Waals surface area contributed by atoms with E-state index in [-0.39, 0.29) is 6.03 Å². The molecule has 17 heavy (non-hydrogen) atoms. The normalized spacial score (nSPS) is 16.9. The van der Waals surface area contributed by atoms with Crippen molar-refractivity contribution >= 4 is 22.5 Å². The molecular formula is C10H17N5OS. The van der Waals surface area contributed by atoms with Crippen LogP contribution in [0.15, 0.2) is 5.51 Å². The number of aromatic nitrogens is 2. The van der Waals surface area contributed by atoms with Crippen molar-refractivity contribution in [3.8, 4) is 0 Å². The van der Waals surface area contributed by atoms with E-state index < -0.39 is 0 Å². The van der Waals surface area contributed by atoms with Gasteiger partial charge in [-0.3, -0.25) is 0 Å². The molecule has 0 spiro atoms. The molecule has 1 saturated heterocycles. The van der Waals surface area contributed by atoms with Crippen molar-refractivity contribution in [3.63, 3.8) is 0 Å². The lowest BCUT2D eigenvalue weighted by Gasteiger charge is -2.33. The molecule has 0 atom stereocenters. The molecule has 94 valence electrons. The quantitative estimate of drug-likeness (QED) is 0.859. The summed E-state index contributed by atoms with van der Waals surface area (Å²) in [5, 5.41) is 12.0. The van der Waals surface area contributed by atoms with Crippen molar-refractivity contribution in [3.05, 3.63) is 5.51 Å². The minimum Gasteiger partial charge on any atom is -0.357 e. The topological polar surface area (TPSA) is 61.4 Å². The van der Waals surface area contributed by atoms with Crippen molar-refractivity contribution in [1.29, 1.82) is 0 Å². The summed E-state index contributed by atoms with van der Waals surface area (Å²) in [5.74, 6) is 0. The summed E-state index contributed by atoms with van der Waals surface area (Å²) < 4.78 is 0. The lowest BCUT2D eigenvalue weighted by atomic mass is 10.1. The zero-order valence-electron chi connectivity index (χ0n) is 10.1. The van der Waals surface area contributed by atoms with Crippen LogP contribution < -0.4 is 5.32 Å². The van der Waals surface area contributed by atoms with Crippen LogP contribution in [0.5, 0.6) is 0 Å². The predicted molar refractivity (Wildman–Crippen MR) is 67.2 cm³/mol. The Kier molecular flexibility index (Phi) is 3.78. The lowest BCUT2D eigenvalue weighted by Crippen LogP contribution is -2.46. The third-order valence-electron chi connectivity index (χ3n) is 2.84. The number of amides is 2. The van der Waals surface area contributed by atoms with Crippen LogP contribution in [0.1, 0.15) is 12.8 Å². The number of nitrogens with one attached hydrogen (secondary N) is 1. The predicted octanol–water partition coefficient (Wildman–Crippen LogP) is 1.10. The van der Waals surface area contributed by atoms with E-state index in [9.17, 15) is 4.79 Å². The monoisotopic (exact) mass is 255 g/mol. The lowest BCUT2D eigenvalue weighted by molar-refractivity contribution is 0.158. The van der Waals surface area contributed by atoms with Gasteiger partial charge in [0.05, 0.1) is 0 Å². The van der Waals surface area contributed by atoms with E-state index in [1.807, 2.05) is 4.90 Å². The van der Waals surface area contributed by atoms with Crippen LogP contribution in [0.3, 0.4) is 0 Å². The van der Waals surface area contributed by atoms with Gasteiger partial charge in [0.2, 0.25) is 5.13 Å². The van der Waals surface area contributed by atoms with Gasteiger partial charge in [0.15, 0.2) is 0 Å². The second-order valence-electron chi connectivity index (χ2n) is 4.33. The van der Waals surface area contributed by atoms with Gasteiger partial charge >= 0.3 is 6.03 Å². The number of rotatable bonds is 2. The number of carbonyl (C=O) groups is 1. The third-order valence-corrected chi connectivity index (χ3v) is 3.46. The highest BCUT2D eigenvalue weighted by molar-refractivity contribution is 7.13. The summed E-state index contributed by atoms with van der Waals surface area (Å²) >= 11 is 1.51. The van der Waals surface area contributed by atoms with Crippen LogP contribution >= 0.6 is 11.3 Å². The van der Waals surface area contributed by atoms with Crippen LogP contribution in [0.4, 0.5) is 9.93 Å². The first-order valence-corrected chi connectivity index (χ1v) is 6.53. The highest BCUT2D eigenvalue weighted by Crippen LogP contribution is 2.17. The molecule has 1 aromatic heterocycles. The van der Waals surface area contributed by atoms with Gasteiger partial charge in [-0.05, 0) is 12.8 Å². The Bertz CT molecular complexity index is 359. The van der Waals surface area contributed by atoms with Gasteiger partial charge in [-0.1, -0.05) is 11.3 Å². The molecule has 1 N–H and O–H groups in total. The van der Waals surface area contributed by atoms with Crippen molar-refractivity contribution in [1.82, 2.24) is 20.0 Å². The van der Waals surface area contributed by atoms with E-state index >= 15 is 0 Å². The van der Waals surface area contributed by atoms with Crippen LogP contribution in [-0.4, -0.2) is 59.3 Å². The van der Waals surface area contributed by atoms with Crippen molar-refractivity contribution in [2.24, 2.45) is 0 Å². The molecule has 1 aliphatic heterocycles. The van der Waals surface area contributed by atoms with Gasteiger partial charge < -0.3 is 15.1 Å². The van der Waals surface area contributed by atoms with Crippen molar-refractivity contribution < 1.29 is 4.79 Å². The zero-order valence-corrected chi connectivity index (χ0v) is 10.9. The Morgan fingerprint density at radius 3 is 2.76 bits per heavy atom. The number of hydrogen-bond donors (Lipinski definition) is 1. The number of piperidine rings is 1. The van der Waals surface area contributed by atoms with Crippen LogP contribution in [0, 0.1) is 0 Å². The molecule has 1 aliphatic rings. The van der Waals surface area contributed by atoms with Gasteiger partial charge in [-0.2, -0.15) is 0 Å². The van der Waals surface area contributed by atoms with Crippen LogP contribution in [0.25, 0.3) is 0 Å². The summed E-state index contributed by atoms with van der Waals surface area (Å²) in [4.78, 5) is 15.2. The maximum absolute atomic E-state index is 11.7. The second-order valence-corrected chi connectivity index (χ2v) is 5.16. The highest BCUT2D eigenvalue weighted by Gasteiger charge is 2.23. The Labute approximate surface area is 105 Å². The molecule has 7 heteroatoms. The van der Waals surface area contributed by atoms with E-state index in [1.165, 1.54) is 11.3 Å². The van der Waals surface area contributed by atoms with E-state index in [0.717, 1.165) is 31.1 Å². The van der Waals surface area contributed by atoms with Crippen molar-refractivity contribution in [2.75, 3.05) is 32.5 Å². The summed E-state index contributed by atoms with van der Waals surface area (Å²) in [6, 6.07) is 0.494. The first kappa shape index (κ1) is 12.1. The Hall–Kier alpha value is -1.37. The van der Waals surface area contributed by atoms with Crippen LogP contribution in [0.2, 0.25) is 0 Å². The minimum absolute atomic E-state index is 0.0966. The fraction of sp³-hybridized carbons (Fsp3) is 0.700. The molecule has 0 saturated carbocycles. The highest BCUT2D eigenvalue weighted by atomic mass is 32.1. The van der Waals surface area contributed by atoms with Crippen LogP contribution in [-0.2, 0) is 0 Å². The van der Waals surface area contributed by atoms with E-state index in [1.54, 1.807) is 24.5 Å². The van der Waals surface area contributed by atoms with E-state index in [0.29, 0.717) is 6.04 Å². The number of likely N-dealkylation sites (tertiary alicyclic amines) is 1. The Morgan fingerprint density at radius 1 is 1.53 bits per heavy atom. The third kappa shape index (κ3) is 3.06. The zero-order chi connectivity index (χ0) is 12.3.